The van der Waals surface area contributed by atoms with E-state index in [0.29, 0.717) is 11.1 Å². The summed E-state index contributed by atoms with van der Waals surface area (Å²) in [5, 5.41) is 41.4. The van der Waals surface area contributed by atoms with Gasteiger partial charge in [0, 0.05) is 5.56 Å². The first kappa shape index (κ1) is 16.6. The number of benzene rings is 1. The average molecular weight is 365 g/mol. The fraction of sp³-hybridized carbons (Fsp3) is 0.375. The Bertz CT molecular complexity index is 833. The molecule has 10 heteroatoms. The number of carboxylic acid groups (broad SMARTS) is 1. The van der Waals surface area contributed by atoms with Crippen molar-refractivity contribution >= 4 is 17.4 Å². The molecule has 1 aromatic carbocycles. The summed E-state index contributed by atoms with van der Waals surface area (Å²) in [6, 6.07) is 0.557. The van der Waals surface area contributed by atoms with Gasteiger partial charge in [0.05, 0.1) is 11.6 Å². The van der Waals surface area contributed by atoms with Gasteiger partial charge in [-0.25, -0.2) is 4.79 Å². The summed E-state index contributed by atoms with van der Waals surface area (Å²) in [6.07, 6.45) is -2.89. The minimum atomic E-state index is -1.46. The Balaban J connectivity index is 1.90. The van der Waals surface area contributed by atoms with E-state index < -0.39 is 42.8 Å². The molecular formula is C16H15NO9. The highest BCUT2D eigenvalue weighted by atomic mass is 16.7. The summed E-state index contributed by atoms with van der Waals surface area (Å²) in [7, 11) is 0. The number of hydrogen-bond acceptors (Lipinski definition) is 8. The standard InChI is InChI=1S/C16H15NO9/c18-7-1-6-5-2-8-14(26-4-25-8)15(24-3-9(19)20)10(5)16(23)17-11(6)13(22)12(7)21/h1-2,7,11-13,18,21-22H,3-4H2,(H,17,23)(H,19,20)/t7-,11+,12+,13-/m0/s1. The topological polar surface area (TPSA) is 155 Å². The molecule has 0 radical (unpaired) electrons. The van der Waals surface area contributed by atoms with Crippen molar-refractivity contribution in [1.29, 1.82) is 0 Å². The average Bonchev–Trinajstić information content (AvgIpc) is 3.06. The highest BCUT2D eigenvalue weighted by molar-refractivity contribution is 6.07. The SMILES string of the molecule is O=C(O)COc1c2c(cc3c1C(=O)N[C@@H]1C3=C[C@H](O)[C@@H](O)[C@H]1O)OCO2. The molecular weight excluding hydrogens is 350 g/mol. The van der Waals surface area contributed by atoms with E-state index in [4.69, 9.17) is 19.3 Å². The highest BCUT2D eigenvalue weighted by Gasteiger charge is 2.45. The lowest BCUT2D eigenvalue weighted by molar-refractivity contribution is -0.139. The van der Waals surface area contributed by atoms with Crippen molar-refractivity contribution in [2.75, 3.05) is 13.4 Å². The van der Waals surface area contributed by atoms with E-state index in [1.807, 2.05) is 0 Å². The maximum atomic E-state index is 12.6. The number of nitrogens with one attached hydrogen (secondary N) is 1. The molecule has 0 unspecified atom stereocenters. The van der Waals surface area contributed by atoms with Crippen LogP contribution < -0.4 is 19.5 Å². The quantitative estimate of drug-likeness (QED) is 0.429. The number of fused-ring (bicyclic) bond motifs is 4. The molecule has 26 heavy (non-hydrogen) atoms. The molecule has 0 aromatic heterocycles. The van der Waals surface area contributed by atoms with E-state index in [2.05, 4.69) is 5.32 Å². The minimum absolute atomic E-state index is 0.00814. The fourth-order valence-electron chi connectivity index (χ4n) is 3.34. The first-order valence-corrected chi connectivity index (χ1v) is 7.77. The predicted octanol–water partition coefficient (Wildman–Crippen LogP) is -1.53. The second-order valence-corrected chi connectivity index (χ2v) is 6.09. The second-order valence-electron chi connectivity index (χ2n) is 6.09. The van der Waals surface area contributed by atoms with Crippen LogP contribution in [0.3, 0.4) is 0 Å². The van der Waals surface area contributed by atoms with Crippen LogP contribution in [0.1, 0.15) is 15.9 Å². The zero-order valence-corrected chi connectivity index (χ0v) is 13.2. The number of carbonyl (C=O) groups excluding carboxylic acids is 1. The molecule has 0 saturated heterocycles. The number of carbonyl (C=O) groups is 2. The number of aliphatic hydroxyl groups excluding tert-OH is 3. The zero-order chi connectivity index (χ0) is 18.6. The Hall–Kier alpha value is -2.82. The Kier molecular flexibility index (Phi) is 3.75. The van der Waals surface area contributed by atoms with E-state index in [0.717, 1.165) is 0 Å². The summed E-state index contributed by atoms with van der Waals surface area (Å²) < 4.78 is 15.9. The number of amides is 1. The van der Waals surface area contributed by atoms with Gasteiger partial charge < -0.3 is 40.0 Å². The van der Waals surface area contributed by atoms with Crippen LogP contribution >= 0.6 is 0 Å². The van der Waals surface area contributed by atoms with E-state index in [9.17, 15) is 24.9 Å². The molecule has 0 spiro atoms. The third-order valence-electron chi connectivity index (χ3n) is 4.51. The van der Waals surface area contributed by atoms with Gasteiger partial charge in [0.15, 0.2) is 18.1 Å². The van der Waals surface area contributed by atoms with Crippen LogP contribution in [0.15, 0.2) is 12.1 Å². The molecule has 1 aliphatic carbocycles. The van der Waals surface area contributed by atoms with Crippen LogP contribution in [-0.4, -0.2) is 70.1 Å². The lowest BCUT2D eigenvalue weighted by Gasteiger charge is -2.39. The monoisotopic (exact) mass is 365 g/mol. The number of carboxylic acids is 1. The van der Waals surface area contributed by atoms with E-state index >= 15 is 0 Å². The number of ether oxygens (including phenoxy) is 3. The van der Waals surface area contributed by atoms with Crippen molar-refractivity contribution in [3.63, 3.8) is 0 Å². The van der Waals surface area contributed by atoms with Crippen LogP contribution in [-0.2, 0) is 4.79 Å². The van der Waals surface area contributed by atoms with Crippen LogP contribution in [0.2, 0.25) is 0 Å². The Morgan fingerprint density at radius 1 is 1.27 bits per heavy atom. The van der Waals surface area contributed by atoms with Crippen molar-refractivity contribution in [2.45, 2.75) is 24.4 Å². The van der Waals surface area contributed by atoms with Crippen molar-refractivity contribution in [2.24, 2.45) is 0 Å². The second kappa shape index (κ2) is 5.87. The van der Waals surface area contributed by atoms with Gasteiger partial charge in [-0.3, -0.25) is 4.79 Å². The summed E-state index contributed by atoms with van der Waals surface area (Å²) >= 11 is 0. The number of hydrogen-bond donors (Lipinski definition) is 5. The molecule has 1 aromatic rings. The maximum Gasteiger partial charge on any atom is 0.341 e. The molecule has 0 saturated carbocycles. The van der Waals surface area contributed by atoms with Crippen molar-refractivity contribution < 1.29 is 44.2 Å². The van der Waals surface area contributed by atoms with Crippen molar-refractivity contribution in [1.82, 2.24) is 5.32 Å². The zero-order valence-electron chi connectivity index (χ0n) is 13.2. The van der Waals surface area contributed by atoms with Crippen LogP contribution in [0.5, 0.6) is 17.2 Å². The van der Waals surface area contributed by atoms with Gasteiger partial charge in [0.2, 0.25) is 12.5 Å². The summed E-state index contributed by atoms with van der Waals surface area (Å²) in [5.41, 5.74) is 0.672. The molecule has 10 nitrogen and oxygen atoms in total. The van der Waals surface area contributed by atoms with Gasteiger partial charge in [-0.15, -0.1) is 0 Å². The molecule has 2 heterocycles. The normalized spacial score (nSPS) is 28.6. The lowest BCUT2D eigenvalue weighted by atomic mass is 9.79. The maximum absolute atomic E-state index is 12.6. The minimum Gasteiger partial charge on any atom is -0.479 e. The summed E-state index contributed by atoms with van der Waals surface area (Å²) in [4.78, 5) is 23.5. The third-order valence-corrected chi connectivity index (χ3v) is 4.51. The summed E-state index contributed by atoms with van der Waals surface area (Å²) in [5.74, 6) is -1.62. The molecule has 4 atom stereocenters. The molecule has 5 N–H and O–H groups in total. The van der Waals surface area contributed by atoms with Crippen molar-refractivity contribution in [3.8, 4) is 17.2 Å². The number of rotatable bonds is 3. The third kappa shape index (κ3) is 2.38. The molecule has 4 rings (SSSR count). The lowest BCUT2D eigenvalue weighted by Crippen LogP contribution is -2.57. The summed E-state index contributed by atoms with van der Waals surface area (Å²) in [6.45, 7) is -0.832. The van der Waals surface area contributed by atoms with Crippen molar-refractivity contribution in [3.05, 3.63) is 23.3 Å². The van der Waals surface area contributed by atoms with Gasteiger partial charge in [0.1, 0.15) is 18.3 Å². The number of aliphatic hydroxyl groups is 3. The molecule has 0 bridgehead atoms. The van der Waals surface area contributed by atoms with E-state index in [-0.39, 0.29) is 29.6 Å². The van der Waals surface area contributed by atoms with Gasteiger partial charge in [-0.05, 0) is 17.7 Å². The number of aliphatic carboxylic acids is 1. The predicted molar refractivity (Wildman–Crippen MR) is 82.9 cm³/mol. The highest BCUT2D eigenvalue weighted by Crippen LogP contribution is 2.49. The van der Waals surface area contributed by atoms with Gasteiger partial charge in [-0.2, -0.15) is 0 Å². The first-order chi connectivity index (χ1) is 12.4. The first-order valence-electron chi connectivity index (χ1n) is 7.77. The Labute approximate surface area is 146 Å². The van der Waals surface area contributed by atoms with Gasteiger partial charge in [-0.1, -0.05) is 0 Å². The van der Waals surface area contributed by atoms with Crippen LogP contribution in [0.4, 0.5) is 0 Å². The molecule has 1 amide bonds. The fourth-order valence-corrected chi connectivity index (χ4v) is 3.34. The van der Waals surface area contributed by atoms with E-state index in [1.54, 1.807) is 0 Å². The van der Waals surface area contributed by atoms with Gasteiger partial charge in [0.25, 0.3) is 5.91 Å². The smallest absolute Gasteiger partial charge is 0.341 e. The molecule has 0 fully saturated rings. The Morgan fingerprint density at radius 3 is 2.77 bits per heavy atom. The Morgan fingerprint density at radius 2 is 2.04 bits per heavy atom. The van der Waals surface area contributed by atoms with E-state index in [1.165, 1.54) is 12.1 Å². The van der Waals surface area contributed by atoms with Crippen LogP contribution in [0, 0.1) is 0 Å². The molecule has 3 aliphatic rings. The largest absolute Gasteiger partial charge is 0.479 e. The molecule has 138 valence electrons. The van der Waals surface area contributed by atoms with Crippen LogP contribution in [0.25, 0.3) is 5.57 Å². The van der Waals surface area contributed by atoms with Gasteiger partial charge >= 0.3 is 5.97 Å². The molecule has 2 aliphatic heterocycles.